The molecule has 152 valence electrons. The lowest BCUT2D eigenvalue weighted by molar-refractivity contribution is 0.557. The Bertz CT molecular complexity index is 723. The molecule has 0 atom stereocenters. The molecule has 2 aromatic carbocycles. The van der Waals surface area contributed by atoms with E-state index in [-0.39, 0.29) is 0 Å². The van der Waals surface area contributed by atoms with Crippen molar-refractivity contribution in [3.8, 4) is 11.5 Å². The summed E-state index contributed by atoms with van der Waals surface area (Å²) in [7, 11) is -3.15. The van der Waals surface area contributed by atoms with Crippen LogP contribution in [0.25, 0.3) is 11.1 Å². The van der Waals surface area contributed by atoms with Gasteiger partial charge in [-0.2, -0.15) is 0 Å². The number of allylic oxidation sites excluding steroid dienone is 2. The molecular weight excluding hydrogens is 376 g/mol. The highest BCUT2D eigenvalue weighted by molar-refractivity contribution is 6.70. The maximum absolute atomic E-state index is 6.11. The van der Waals surface area contributed by atoms with E-state index in [2.05, 4.69) is 102 Å². The SMILES string of the molecule is CC/C(=C(/CC)c1ccc(O[Si](C)(C)C)cc1)c1ccc(O[Si](C)(C)C)cc1. The van der Waals surface area contributed by atoms with Crippen molar-refractivity contribution in [3.05, 3.63) is 59.7 Å². The molecule has 0 aliphatic carbocycles. The highest BCUT2D eigenvalue weighted by atomic mass is 28.4. The molecule has 0 bridgehead atoms. The average Bonchev–Trinajstić information content (AvgIpc) is 2.59. The molecule has 0 N–H and O–H groups in total. The minimum Gasteiger partial charge on any atom is -0.544 e. The number of hydrogen-bond acceptors (Lipinski definition) is 2. The van der Waals surface area contributed by atoms with Gasteiger partial charge in [-0.05, 0) is 98.7 Å². The summed E-state index contributed by atoms with van der Waals surface area (Å²) in [6.07, 6.45) is 2.01. The van der Waals surface area contributed by atoms with Crippen molar-refractivity contribution < 1.29 is 8.85 Å². The number of rotatable bonds is 8. The molecule has 0 amide bonds. The maximum atomic E-state index is 6.11. The first kappa shape index (κ1) is 22.5. The quantitative estimate of drug-likeness (QED) is 0.325. The molecule has 0 radical (unpaired) electrons. The van der Waals surface area contributed by atoms with Gasteiger partial charge >= 0.3 is 0 Å². The molecule has 0 saturated heterocycles. The smallest absolute Gasteiger partial charge is 0.242 e. The lowest BCUT2D eigenvalue weighted by Crippen LogP contribution is -2.29. The Morgan fingerprint density at radius 3 is 1.07 bits per heavy atom. The van der Waals surface area contributed by atoms with Crippen LogP contribution in [0.4, 0.5) is 0 Å². The minimum absolute atomic E-state index is 0.976. The molecule has 0 saturated carbocycles. The maximum Gasteiger partial charge on any atom is 0.242 e. The van der Waals surface area contributed by atoms with Crippen LogP contribution in [-0.4, -0.2) is 16.6 Å². The second-order valence-electron chi connectivity index (χ2n) is 9.14. The third kappa shape index (κ3) is 6.67. The van der Waals surface area contributed by atoms with Crippen molar-refractivity contribution in [1.82, 2.24) is 0 Å². The Hall–Kier alpha value is -1.79. The molecular formula is C24H36O2Si2. The van der Waals surface area contributed by atoms with E-state index < -0.39 is 16.6 Å². The highest BCUT2D eigenvalue weighted by Gasteiger charge is 2.17. The van der Waals surface area contributed by atoms with E-state index in [1.54, 1.807) is 0 Å². The Labute approximate surface area is 173 Å². The van der Waals surface area contributed by atoms with Gasteiger partial charge in [-0.3, -0.25) is 0 Å². The Morgan fingerprint density at radius 2 is 0.857 bits per heavy atom. The first-order valence-corrected chi connectivity index (χ1v) is 17.1. The van der Waals surface area contributed by atoms with E-state index in [9.17, 15) is 0 Å². The van der Waals surface area contributed by atoms with Crippen LogP contribution < -0.4 is 8.85 Å². The predicted molar refractivity (Wildman–Crippen MR) is 128 cm³/mol. The molecule has 0 aromatic heterocycles. The standard InChI is InChI=1S/C24H36O2Si2/c1-9-23(19-11-15-21(16-12-19)25-27(3,4)5)24(10-2)20-13-17-22(18-14-20)26-28(6,7)8/h11-18H,9-10H2,1-8H3/b24-23+. The summed E-state index contributed by atoms with van der Waals surface area (Å²) in [5, 5.41) is 0. The zero-order valence-electron chi connectivity index (χ0n) is 18.8. The highest BCUT2D eigenvalue weighted by Crippen LogP contribution is 2.33. The van der Waals surface area contributed by atoms with E-state index in [0.717, 1.165) is 24.3 Å². The monoisotopic (exact) mass is 412 g/mol. The summed E-state index contributed by atoms with van der Waals surface area (Å²) in [4.78, 5) is 0. The first-order valence-electron chi connectivity index (χ1n) is 10.3. The summed E-state index contributed by atoms with van der Waals surface area (Å²) in [5.74, 6) is 1.95. The van der Waals surface area contributed by atoms with E-state index in [1.165, 1.54) is 22.3 Å². The van der Waals surface area contributed by atoms with Gasteiger partial charge in [0, 0.05) is 0 Å². The molecule has 0 spiro atoms. The van der Waals surface area contributed by atoms with Crippen molar-refractivity contribution in [3.63, 3.8) is 0 Å². The van der Waals surface area contributed by atoms with Gasteiger partial charge < -0.3 is 8.85 Å². The second-order valence-corrected chi connectivity index (χ2v) is 18.0. The van der Waals surface area contributed by atoms with Gasteiger partial charge in [0.25, 0.3) is 0 Å². The fourth-order valence-corrected chi connectivity index (χ4v) is 5.03. The molecule has 2 aromatic rings. The molecule has 28 heavy (non-hydrogen) atoms. The fraction of sp³-hybridized carbons (Fsp3) is 0.417. The van der Waals surface area contributed by atoms with Crippen LogP contribution in [0.5, 0.6) is 11.5 Å². The van der Waals surface area contributed by atoms with Crippen LogP contribution in [0.15, 0.2) is 48.5 Å². The van der Waals surface area contributed by atoms with Gasteiger partial charge in [-0.15, -0.1) is 0 Å². The Morgan fingerprint density at radius 1 is 0.571 bits per heavy atom. The van der Waals surface area contributed by atoms with Crippen LogP contribution in [0.1, 0.15) is 37.8 Å². The lowest BCUT2D eigenvalue weighted by Gasteiger charge is -2.21. The zero-order chi connectivity index (χ0) is 20.9. The molecule has 0 heterocycles. The second kappa shape index (κ2) is 9.14. The molecule has 0 fully saturated rings. The summed E-state index contributed by atoms with van der Waals surface area (Å²) in [6, 6.07) is 17.3. The van der Waals surface area contributed by atoms with Crippen molar-refractivity contribution in [1.29, 1.82) is 0 Å². The van der Waals surface area contributed by atoms with E-state index in [0.29, 0.717) is 0 Å². The molecule has 0 unspecified atom stereocenters. The third-order valence-corrected chi connectivity index (χ3v) is 6.02. The van der Waals surface area contributed by atoms with Crippen molar-refractivity contribution in [2.45, 2.75) is 66.0 Å². The Kier molecular flexibility index (Phi) is 7.35. The Balaban J connectivity index is 2.34. The van der Waals surface area contributed by atoms with Gasteiger partial charge in [-0.1, -0.05) is 38.1 Å². The predicted octanol–water partition coefficient (Wildman–Crippen LogP) is 7.84. The molecule has 0 aliphatic heterocycles. The number of hydrogen-bond donors (Lipinski definition) is 0. The number of benzene rings is 2. The van der Waals surface area contributed by atoms with Gasteiger partial charge in [0.1, 0.15) is 11.5 Å². The molecule has 4 heteroatoms. The first-order chi connectivity index (χ1) is 13.0. The van der Waals surface area contributed by atoms with E-state index >= 15 is 0 Å². The van der Waals surface area contributed by atoms with Crippen LogP contribution in [-0.2, 0) is 0 Å². The van der Waals surface area contributed by atoms with Gasteiger partial charge in [0.2, 0.25) is 16.6 Å². The lowest BCUT2D eigenvalue weighted by atomic mass is 9.91. The summed E-state index contributed by atoms with van der Waals surface area (Å²) in [5.41, 5.74) is 5.37. The van der Waals surface area contributed by atoms with E-state index in [4.69, 9.17) is 8.85 Å². The van der Waals surface area contributed by atoms with Crippen molar-refractivity contribution >= 4 is 27.8 Å². The topological polar surface area (TPSA) is 18.5 Å². The van der Waals surface area contributed by atoms with Gasteiger partial charge in [0.05, 0.1) is 0 Å². The summed E-state index contributed by atoms with van der Waals surface area (Å²) < 4.78 is 12.2. The summed E-state index contributed by atoms with van der Waals surface area (Å²) >= 11 is 0. The third-order valence-electron chi connectivity index (χ3n) is 4.33. The van der Waals surface area contributed by atoms with Gasteiger partial charge in [-0.25, -0.2) is 0 Å². The van der Waals surface area contributed by atoms with Gasteiger partial charge in [0.15, 0.2) is 0 Å². The van der Waals surface area contributed by atoms with Crippen LogP contribution in [0.3, 0.4) is 0 Å². The van der Waals surface area contributed by atoms with Crippen molar-refractivity contribution in [2.24, 2.45) is 0 Å². The molecule has 2 rings (SSSR count). The molecule has 0 aliphatic rings. The summed E-state index contributed by atoms with van der Waals surface area (Å²) in [6.45, 7) is 17.7. The largest absolute Gasteiger partial charge is 0.544 e. The van der Waals surface area contributed by atoms with Crippen LogP contribution >= 0.6 is 0 Å². The molecule has 2 nitrogen and oxygen atoms in total. The van der Waals surface area contributed by atoms with Crippen LogP contribution in [0, 0.1) is 0 Å². The zero-order valence-corrected chi connectivity index (χ0v) is 20.8. The average molecular weight is 413 g/mol. The van der Waals surface area contributed by atoms with Crippen LogP contribution in [0.2, 0.25) is 39.3 Å². The van der Waals surface area contributed by atoms with Crippen molar-refractivity contribution in [2.75, 3.05) is 0 Å². The fourth-order valence-electron chi connectivity index (χ4n) is 3.34. The minimum atomic E-state index is -1.58. The van der Waals surface area contributed by atoms with E-state index in [1.807, 2.05) is 0 Å². The normalized spacial score (nSPS) is 13.1.